The Balaban J connectivity index is 2.38. The molecule has 3 rings (SSSR count). The van der Waals surface area contributed by atoms with Crippen LogP contribution in [0.2, 0.25) is 5.02 Å². The molecule has 21 heavy (non-hydrogen) atoms. The Morgan fingerprint density at radius 1 is 1.33 bits per heavy atom. The van der Waals surface area contributed by atoms with Crippen LogP contribution in [0.5, 0.6) is 0 Å². The lowest BCUT2D eigenvalue weighted by atomic mass is 10.2. The highest BCUT2D eigenvalue weighted by Gasteiger charge is 2.13. The molecule has 0 radical (unpaired) electrons. The van der Waals surface area contributed by atoms with Gasteiger partial charge in [-0.3, -0.25) is 4.57 Å². The van der Waals surface area contributed by atoms with Crippen LogP contribution >= 0.6 is 27.5 Å². The summed E-state index contributed by atoms with van der Waals surface area (Å²) in [4.78, 5) is 16.5. The van der Waals surface area contributed by atoms with Gasteiger partial charge < -0.3 is 5.32 Å². The number of aromatic nitrogens is 2. The Kier molecular flexibility index (Phi) is 2.83. The van der Waals surface area contributed by atoms with Crippen LogP contribution < -0.4 is 11.0 Å². The normalized spacial score (nSPS) is 13.5. The summed E-state index contributed by atoms with van der Waals surface area (Å²) < 4.78 is 24.1. The van der Waals surface area contributed by atoms with E-state index in [0.717, 1.165) is 0 Å². The number of para-hydroxylation sites is 1. The maximum atomic E-state index is 12.6. The summed E-state index contributed by atoms with van der Waals surface area (Å²) in [5, 5.41) is 3.20. The van der Waals surface area contributed by atoms with E-state index in [2.05, 4.69) is 26.2 Å². The molecule has 0 spiro atoms. The lowest BCUT2D eigenvalue weighted by Gasteiger charge is -2.13. The molecular weight excluding hydrogens is 354 g/mol. The SMILES string of the molecule is [2H]C([2H])([2H])Nc1nc(=O)n(-c2ccccc2Br)c2cc(Cl)ccc12. The number of hydrogen-bond donors (Lipinski definition) is 1. The fourth-order valence-electron chi connectivity index (χ4n) is 2.16. The van der Waals surface area contributed by atoms with Crippen molar-refractivity contribution in [2.24, 2.45) is 0 Å². The van der Waals surface area contributed by atoms with E-state index < -0.39 is 12.7 Å². The van der Waals surface area contributed by atoms with Crippen LogP contribution in [0.15, 0.2) is 51.7 Å². The molecular formula is C15H11BrClN3O. The zero-order valence-electron chi connectivity index (χ0n) is 13.6. The smallest absolute Gasteiger partial charge is 0.354 e. The molecule has 0 aliphatic heterocycles. The molecule has 4 nitrogen and oxygen atoms in total. The standard InChI is InChI=1S/C15H11BrClN3O/c1-18-14-10-7-6-9(17)8-13(10)20(15(21)19-14)12-5-3-2-4-11(12)16/h2-8H,1H3,(H,18,19,21)/i1D3. The van der Waals surface area contributed by atoms with E-state index in [1.807, 2.05) is 6.07 Å². The van der Waals surface area contributed by atoms with Gasteiger partial charge in [0.25, 0.3) is 0 Å². The Hall–Kier alpha value is -1.85. The lowest BCUT2D eigenvalue weighted by Crippen LogP contribution is -2.23. The molecule has 3 aromatic rings. The third-order valence-electron chi connectivity index (χ3n) is 3.07. The topological polar surface area (TPSA) is 46.9 Å². The molecule has 0 fully saturated rings. The molecule has 0 atom stereocenters. The van der Waals surface area contributed by atoms with Crippen molar-refractivity contribution in [2.45, 2.75) is 0 Å². The second-order valence-electron chi connectivity index (χ2n) is 4.32. The average Bonchev–Trinajstić information content (AvgIpc) is 2.47. The van der Waals surface area contributed by atoms with E-state index >= 15 is 0 Å². The Bertz CT molecular complexity index is 988. The minimum absolute atomic E-state index is 0.00466. The molecule has 0 unspecified atom stereocenters. The number of benzene rings is 2. The third-order valence-corrected chi connectivity index (χ3v) is 3.97. The van der Waals surface area contributed by atoms with Crippen molar-refractivity contribution in [3.05, 3.63) is 62.4 Å². The molecule has 1 N–H and O–H groups in total. The molecule has 1 aromatic heterocycles. The second-order valence-corrected chi connectivity index (χ2v) is 5.61. The fourth-order valence-corrected chi connectivity index (χ4v) is 2.79. The summed E-state index contributed by atoms with van der Waals surface area (Å²) in [6.45, 7) is -2.47. The molecule has 2 aromatic carbocycles. The predicted octanol–water partition coefficient (Wildman–Crippen LogP) is 3.84. The van der Waals surface area contributed by atoms with Gasteiger partial charge in [0.2, 0.25) is 0 Å². The molecule has 0 aliphatic carbocycles. The quantitative estimate of drug-likeness (QED) is 0.748. The maximum absolute atomic E-state index is 12.6. The number of fused-ring (bicyclic) bond motifs is 1. The van der Waals surface area contributed by atoms with Crippen molar-refractivity contribution in [1.29, 1.82) is 0 Å². The van der Waals surface area contributed by atoms with Gasteiger partial charge >= 0.3 is 5.69 Å². The molecule has 0 saturated carbocycles. The summed E-state index contributed by atoms with van der Waals surface area (Å²) in [5.41, 5.74) is 0.437. The predicted molar refractivity (Wildman–Crippen MR) is 89.6 cm³/mol. The Morgan fingerprint density at radius 3 is 2.90 bits per heavy atom. The highest BCUT2D eigenvalue weighted by Crippen LogP contribution is 2.27. The first-order valence-electron chi connectivity index (χ1n) is 7.52. The van der Waals surface area contributed by atoms with Gasteiger partial charge in [-0.2, -0.15) is 4.98 Å². The van der Waals surface area contributed by atoms with Crippen LogP contribution in [0, 0.1) is 0 Å². The van der Waals surface area contributed by atoms with Gasteiger partial charge in [-0.15, -0.1) is 0 Å². The van der Waals surface area contributed by atoms with Crippen molar-refractivity contribution < 1.29 is 4.11 Å². The summed E-state index contributed by atoms with van der Waals surface area (Å²) in [6, 6.07) is 12.0. The van der Waals surface area contributed by atoms with Gasteiger partial charge in [0, 0.05) is 26.0 Å². The molecule has 0 bridgehead atoms. The van der Waals surface area contributed by atoms with Crippen molar-refractivity contribution >= 4 is 44.3 Å². The van der Waals surface area contributed by atoms with Gasteiger partial charge in [-0.1, -0.05) is 23.7 Å². The number of rotatable bonds is 2. The van der Waals surface area contributed by atoms with Crippen LogP contribution in [0.1, 0.15) is 4.11 Å². The number of halogens is 2. The third kappa shape index (κ3) is 2.43. The van der Waals surface area contributed by atoms with E-state index in [9.17, 15) is 4.79 Å². The summed E-state index contributed by atoms with van der Waals surface area (Å²) in [7, 11) is 0. The van der Waals surface area contributed by atoms with Crippen molar-refractivity contribution in [3.8, 4) is 5.69 Å². The minimum Gasteiger partial charge on any atom is -0.372 e. The summed E-state index contributed by atoms with van der Waals surface area (Å²) in [5.74, 6) is -0.00466. The van der Waals surface area contributed by atoms with Gasteiger partial charge in [-0.05, 0) is 46.3 Å². The molecule has 106 valence electrons. The highest BCUT2D eigenvalue weighted by molar-refractivity contribution is 9.10. The van der Waals surface area contributed by atoms with Gasteiger partial charge in [-0.25, -0.2) is 4.79 Å². The molecule has 0 aliphatic rings. The molecule has 0 saturated heterocycles. The fraction of sp³-hybridized carbons (Fsp3) is 0.0667. The Morgan fingerprint density at radius 2 is 2.14 bits per heavy atom. The molecule has 6 heteroatoms. The van der Waals surface area contributed by atoms with Crippen LogP contribution in [0.3, 0.4) is 0 Å². The summed E-state index contributed by atoms with van der Waals surface area (Å²) >= 11 is 9.49. The van der Waals surface area contributed by atoms with E-state index in [1.165, 1.54) is 4.57 Å². The average molecular weight is 368 g/mol. The van der Waals surface area contributed by atoms with Crippen LogP contribution in [0.25, 0.3) is 16.6 Å². The van der Waals surface area contributed by atoms with E-state index in [1.54, 1.807) is 36.4 Å². The van der Waals surface area contributed by atoms with E-state index in [0.29, 0.717) is 26.1 Å². The minimum atomic E-state index is -2.47. The Labute approximate surface area is 138 Å². The van der Waals surface area contributed by atoms with Gasteiger partial charge in [0.05, 0.1) is 11.2 Å². The second kappa shape index (κ2) is 5.50. The number of anilines is 1. The largest absolute Gasteiger partial charge is 0.372 e. The first-order chi connectivity index (χ1) is 11.3. The monoisotopic (exact) mass is 366 g/mol. The highest BCUT2D eigenvalue weighted by atomic mass is 79.9. The first-order valence-corrected chi connectivity index (χ1v) is 7.19. The first kappa shape index (κ1) is 10.8. The van der Waals surface area contributed by atoms with Crippen LogP contribution in [0.4, 0.5) is 5.82 Å². The van der Waals surface area contributed by atoms with E-state index in [-0.39, 0.29) is 5.82 Å². The van der Waals surface area contributed by atoms with Crippen LogP contribution in [-0.4, -0.2) is 16.5 Å². The van der Waals surface area contributed by atoms with E-state index in [4.69, 9.17) is 15.7 Å². The lowest BCUT2D eigenvalue weighted by molar-refractivity contribution is 0.957. The molecule has 0 amide bonds. The molecule has 1 heterocycles. The zero-order chi connectivity index (χ0) is 17.5. The van der Waals surface area contributed by atoms with Crippen LogP contribution in [-0.2, 0) is 0 Å². The summed E-state index contributed by atoms with van der Waals surface area (Å²) in [6.07, 6.45) is 0. The van der Waals surface area contributed by atoms with Gasteiger partial charge in [0.15, 0.2) is 0 Å². The maximum Gasteiger partial charge on any atom is 0.354 e. The zero-order valence-corrected chi connectivity index (χ0v) is 12.9. The van der Waals surface area contributed by atoms with Gasteiger partial charge in [0.1, 0.15) is 5.82 Å². The van der Waals surface area contributed by atoms with Crippen molar-refractivity contribution in [3.63, 3.8) is 0 Å². The number of hydrogen-bond acceptors (Lipinski definition) is 3. The number of nitrogens with zero attached hydrogens (tertiary/aromatic N) is 2. The number of nitrogens with one attached hydrogen (secondary N) is 1. The van der Waals surface area contributed by atoms with Crippen molar-refractivity contribution in [2.75, 3.05) is 12.3 Å². The van der Waals surface area contributed by atoms with Crippen molar-refractivity contribution in [1.82, 2.24) is 9.55 Å².